The highest BCUT2D eigenvalue weighted by Gasteiger charge is 2.18. The Kier molecular flexibility index (Phi) is 5.25. The summed E-state index contributed by atoms with van der Waals surface area (Å²) in [4.78, 5) is 17.9. The molecule has 0 aliphatic rings. The maximum Gasteiger partial charge on any atom is 0.273 e. The van der Waals surface area contributed by atoms with E-state index in [1.165, 1.54) is 4.52 Å². The molecule has 5 rings (SSSR count). The largest absolute Gasteiger partial charge is 0.497 e. The van der Waals surface area contributed by atoms with Crippen LogP contribution < -0.4 is 10.3 Å². The second-order valence-corrected chi connectivity index (χ2v) is 7.94. The fourth-order valence-corrected chi connectivity index (χ4v) is 3.97. The molecule has 0 atom stereocenters. The summed E-state index contributed by atoms with van der Waals surface area (Å²) >= 11 is 6.13. The van der Waals surface area contributed by atoms with Crippen molar-refractivity contribution in [1.29, 1.82) is 0 Å². The van der Waals surface area contributed by atoms with Crippen molar-refractivity contribution < 1.29 is 4.74 Å². The van der Waals surface area contributed by atoms with E-state index in [0.29, 0.717) is 22.8 Å². The van der Waals surface area contributed by atoms with Gasteiger partial charge in [-0.15, -0.1) is 0 Å². The van der Waals surface area contributed by atoms with E-state index >= 15 is 0 Å². The molecule has 0 amide bonds. The lowest BCUT2D eigenvalue weighted by atomic mass is 10.0. The van der Waals surface area contributed by atoms with E-state index in [-0.39, 0.29) is 5.56 Å². The molecule has 6 heteroatoms. The van der Waals surface area contributed by atoms with Gasteiger partial charge in [0.2, 0.25) is 0 Å². The maximum absolute atomic E-state index is 13.0. The monoisotopic (exact) mass is 441 g/mol. The van der Waals surface area contributed by atoms with Crippen LogP contribution in [0.4, 0.5) is 0 Å². The van der Waals surface area contributed by atoms with Crippen molar-refractivity contribution in [1.82, 2.24) is 14.6 Å². The molecule has 0 aliphatic heterocycles. The predicted molar refractivity (Wildman–Crippen MR) is 127 cm³/mol. The van der Waals surface area contributed by atoms with Gasteiger partial charge >= 0.3 is 0 Å². The number of methoxy groups -OCH3 is 1. The second kappa shape index (κ2) is 8.36. The van der Waals surface area contributed by atoms with E-state index in [1.807, 2.05) is 66.7 Å². The highest BCUT2D eigenvalue weighted by molar-refractivity contribution is 6.30. The molecule has 1 N–H and O–H groups in total. The number of aromatic nitrogens is 3. The predicted octanol–water partition coefficient (Wildman–Crippen LogP) is 5.61. The molecule has 158 valence electrons. The van der Waals surface area contributed by atoms with Crippen LogP contribution in [0.5, 0.6) is 5.75 Å². The van der Waals surface area contributed by atoms with E-state index < -0.39 is 0 Å². The smallest absolute Gasteiger partial charge is 0.273 e. The van der Waals surface area contributed by atoms with Gasteiger partial charge in [-0.2, -0.15) is 0 Å². The van der Waals surface area contributed by atoms with Crippen LogP contribution in [0.15, 0.2) is 89.7 Å². The lowest BCUT2D eigenvalue weighted by molar-refractivity contribution is 0.415. The highest BCUT2D eigenvalue weighted by Crippen LogP contribution is 2.31. The van der Waals surface area contributed by atoms with Crippen LogP contribution in [0.3, 0.4) is 0 Å². The summed E-state index contributed by atoms with van der Waals surface area (Å²) < 4.78 is 6.75. The molecular formula is C26H20ClN3O2. The third-order valence-electron chi connectivity index (χ3n) is 5.43. The Morgan fingerprint density at radius 2 is 1.62 bits per heavy atom. The number of nitrogens with one attached hydrogen (secondary N) is 1. The molecule has 5 aromatic rings. The van der Waals surface area contributed by atoms with Crippen LogP contribution in [0.2, 0.25) is 5.02 Å². The molecule has 0 spiro atoms. The number of halogens is 1. The molecule has 2 aromatic heterocycles. The van der Waals surface area contributed by atoms with Crippen LogP contribution in [-0.4, -0.2) is 21.7 Å². The number of ether oxygens (including phenoxy) is 1. The molecule has 0 radical (unpaired) electrons. The summed E-state index contributed by atoms with van der Waals surface area (Å²) in [5, 5.41) is 3.93. The number of aromatic amines is 1. The molecule has 2 heterocycles. The van der Waals surface area contributed by atoms with E-state index in [0.717, 1.165) is 33.7 Å². The van der Waals surface area contributed by atoms with Crippen LogP contribution in [0.25, 0.3) is 28.0 Å². The molecule has 3 aromatic carbocycles. The normalized spacial score (nSPS) is 11.1. The first-order chi connectivity index (χ1) is 15.6. The zero-order chi connectivity index (χ0) is 22.1. The SMILES string of the molecule is COc1ccc(-c2cc(=O)n3[nH]c(Cc4ccccc4)c(-c4ccc(Cl)cc4)c3n2)cc1. The Hall–Kier alpha value is -3.83. The van der Waals surface area contributed by atoms with Crippen molar-refractivity contribution in [2.75, 3.05) is 7.11 Å². The van der Waals surface area contributed by atoms with Gasteiger partial charge in [0.1, 0.15) is 5.75 Å². The zero-order valence-corrected chi connectivity index (χ0v) is 18.1. The number of hydrogen-bond acceptors (Lipinski definition) is 3. The lowest BCUT2D eigenvalue weighted by Gasteiger charge is -2.06. The molecule has 0 fully saturated rings. The van der Waals surface area contributed by atoms with Crippen molar-refractivity contribution in [2.24, 2.45) is 0 Å². The number of H-pyrrole nitrogens is 1. The highest BCUT2D eigenvalue weighted by atomic mass is 35.5. The lowest BCUT2D eigenvalue weighted by Crippen LogP contribution is -2.14. The summed E-state index contributed by atoms with van der Waals surface area (Å²) in [6.45, 7) is 0. The minimum atomic E-state index is -0.171. The molecule has 5 nitrogen and oxygen atoms in total. The Labute approximate surface area is 189 Å². The Balaban J connectivity index is 1.72. The first-order valence-corrected chi connectivity index (χ1v) is 10.6. The standard InChI is InChI=1S/C26H20ClN3O2/c1-32-21-13-9-18(10-14-21)22-16-24(31)30-26(28-22)25(19-7-11-20(27)12-8-19)23(29-30)15-17-5-3-2-4-6-17/h2-14,16,29H,15H2,1H3. The summed E-state index contributed by atoms with van der Waals surface area (Å²) in [6, 6.07) is 26.8. The summed E-state index contributed by atoms with van der Waals surface area (Å²) in [6.07, 6.45) is 0.638. The van der Waals surface area contributed by atoms with Crippen LogP contribution in [0.1, 0.15) is 11.3 Å². The minimum absolute atomic E-state index is 0.171. The van der Waals surface area contributed by atoms with Gasteiger partial charge < -0.3 is 4.74 Å². The average Bonchev–Trinajstić information content (AvgIpc) is 3.19. The van der Waals surface area contributed by atoms with Gasteiger partial charge in [0, 0.05) is 34.3 Å². The third kappa shape index (κ3) is 3.79. The molecule has 0 bridgehead atoms. The van der Waals surface area contributed by atoms with Gasteiger partial charge in [0.15, 0.2) is 5.65 Å². The zero-order valence-electron chi connectivity index (χ0n) is 17.4. The number of hydrogen-bond donors (Lipinski definition) is 1. The fraction of sp³-hybridized carbons (Fsp3) is 0.0769. The van der Waals surface area contributed by atoms with Crippen LogP contribution in [-0.2, 0) is 6.42 Å². The van der Waals surface area contributed by atoms with Crippen molar-refractivity contribution in [3.8, 4) is 28.1 Å². The Morgan fingerprint density at radius 1 is 0.938 bits per heavy atom. The molecule has 32 heavy (non-hydrogen) atoms. The second-order valence-electron chi connectivity index (χ2n) is 7.50. The summed E-state index contributed by atoms with van der Waals surface area (Å²) in [5.41, 5.74) is 5.74. The number of nitrogens with zero attached hydrogens (tertiary/aromatic N) is 2. The van der Waals surface area contributed by atoms with Crippen molar-refractivity contribution >= 4 is 17.2 Å². The van der Waals surface area contributed by atoms with Crippen LogP contribution >= 0.6 is 11.6 Å². The molecule has 0 unspecified atom stereocenters. The quantitative estimate of drug-likeness (QED) is 0.385. The molecule has 0 aliphatic carbocycles. The Bertz CT molecular complexity index is 1440. The molecule has 0 saturated carbocycles. The van der Waals surface area contributed by atoms with E-state index in [2.05, 4.69) is 17.2 Å². The van der Waals surface area contributed by atoms with Crippen molar-refractivity contribution in [2.45, 2.75) is 6.42 Å². The van der Waals surface area contributed by atoms with E-state index in [1.54, 1.807) is 13.2 Å². The van der Waals surface area contributed by atoms with Gasteiger partial charge in [-0.25, -0.2) is 9.50 Å². The molecule has 0 saturated heterocycles. The maximum atomic E-state index is 13.0. The van der Waals surface area contributed by atoms with Crippen molar-refractivity contribution in [3.63, 3.8) is 0 Å². The number of fused-ring (bicyclic) bond motifs is 1. The molecular weight excluding hydrogens is 422 g/mol. The van der Waals surface area contributed by atoms with Gasteiger partial charge in [0.25, 0.3) is 5.56 Å². The fourth-order valence-electron chi connectivity index (χ4n) is 3.84. The van der Waals surface area contributed by atoms with Gasteiger partial charge in [-0.1, -0.05) is 54.1 Å². The summed E-state index contributed by atoms with van der Waals surface area (Å²) in [7, 11) is 1.62. The first-order valence-electron chi connectivity index (χ1n) is 10.2. The number of benzene rings is 3. The minimum Gasteiger partial charge on any atom is -0.497 e. The van der Waals surface area contributed by atoms with Crippen molar-refractivity contribution in [3.05, 3.63) is 112 Å². The summed E-state index contributed by atoms with van der Waals surface area (Å²) in [5.74, 6) is 0.750. The van der Waals surface area contributed by atoms with Gasteiger partial charge in [-0.05, 0) is 47.5 Å². The average molecular weight is 442 g/mol. The topological polar surface area (TPSA) is 59.4 Å². The number of rotatable bonds is 5. The first kappa shape index (κ1) is 20.1. The van der Waals surface area contributed by atoms with E-state index in [9.17, 15) is 4.79 Å². The van der Waals surface area contributed by atoms with E-state index in [4.69, 9.17) is 21.3 Å². The van der Waals surface area contributed by atoms with Gasteiger partial charge in [-0.3, -0.25) is 9.89 Å². The third-order valence-corrected chi connectivity index (χ3v) is 5.69. The van der Waals surface area contributed by atoms with Crippen LogP contribution in [0, 0.1) is 0 Å². The van der Waals surface area contributed by atoms with Gasteiger partial charge in [0.05, 0.1) is 12.8 Å². The Morgan fingerprint density at radius 3 is 2.31 bits per heavy atom.